The molecule has 3 aromatic rings. The van der Waals surface area contributed by atoms with E-state index in [2.05, 4.69) is 4.98 Å². The van der Waals surface area contributed by atoms with Crippen LogP contribution in [0.2, 0.25) is 5.02 Å². The Kier molecular flexibility index (Phi) is 4.86. The third kappa shape index (κ3) is 3.59. The minimum atomic E-state index is -4.41. The highest BCUT2D eigenvalue weighted by Crippen LogP contribution is 2.50. The number of thioether (sulfide) groups is 1. The summed E-state index contributed by atoms with van der Waals surface area (Å²) in [4.78, 5) is 33.4. The fourth-order valence-corrected chi connectivity index (χ4v) is 4.75. The van der Waals surface area contributed by atoms with Crippen molar-refractivity contribution in [2.75, 3.05) is 4.90 Å². The van der Waals surface area contributed by atoms with Crippen molar-refractivity contribution in [2.24, 2.45) is 0 Å². The van der Waals surface area contributed by atoms with Crippen LogP contribution in [0.15, 0.2) is 59.6 Å². The van der Waals surface area contributed by atoms with E-state index in [1.54, 1.807) is 29.3 Å². The first-order valence-electron chi connectivity index (χ1n) is 9.73. The Hall–Kier alpha value is -2.78. The molecule has 2 aromatic carbocycles. The van der Waals surface area contributed by atoms with E-state index in [0.29, 0.717) is 23.4 Å². The lowest BCUT2D eigenvalue weighted by atomic mass is 10.1. The second-order valence-corrected chi connectivity index (χ2v) is 9.29. The number of halogens is 4. The van der Waals surface area contributed by atoms with E-state index in [1.165, 1.54) is 24.3 Å². The van der Waals surface area contributed by atoms with Crippen LogP contribution in [0.1, 0.15) is 18.4 Å². The van der Waals surface area contributed by atoms with Gasteiger partial charge in [-0.05, 0) is 72.6 Å². The maximum absolute atomic E-state index is 13.3. The molecule has 0 atom stereocenters. The van der Waals surface area contributed by atoms with Crippen LogP contribution in [0.25, 0.3) is 10.9 Å². The summed E-state index contributed by atoms with van der Waals surface area (Å²) in [5.41, 5.74) is -3.54. The zero-order chi connectivity index (χ0) is 22.7. The minimum Gasteiger partial charge on any atom is -0.305 e. The lowest BCUT2D eigenvalue weighted by Crippen LogP contribution is -2.36. The molecular formula is C22H15ClF3N3O2S. The maximum Gasteiger partial charge on any atom is 0.446 e. The molecule has 1 spiro atoms. The van der Waals surface area contributed by atoms with Gasteiger partial charge in [-0.2, -0.15) is 13.2 Å². The molecule has 164 valence electrons. The van der Waals surface area contributed by atoms with Crippen LogP contribution in [0.3, 0.4) is 0 Å². The van der Waals surface area contributed by atoms with Gasteiger partial charge in [0.1, 0.15) is 5.54 Å². The number of carbonyl (C=O) groups is 2. The Morgan fingerprint density at radius 3 is 2.44 bits per heavy atom. The lowest BCUT2D eigenvalue weighted by molar-refractivity contribution is -0.120. The molecule has 1 saturated heterocycles. The van der Waals surface area contributed by atoms with Crippen molar-refractivity contribution in [2.45, 2.75) is 35.3 Å². The molecule has 0 radical (unpaired) electrons. The van der Waals surface area contributed by atoms with Gasteiger partial charge >= 0.3 is 11.5 Å². The molecule has 2 fully saturated rings. The van der Waals surface area contributed by atoms with Crippen LogP contribution in [-0.4, -0.2) is 32.9 Å². The zero-order valence-corrected chi connectivity index (χ0v) is 18.0. The van der Waals surface area contributed by atoms with E-state index >= 15 is 0 Å². The smallest absolute Gasteiger partial charge is 0.305 e. The van der Waals surface area contributed by atoms with Crippen LogP contribution in [-0.2, 0) is 11.3 Å². The number of aromatic nitrogens is 1. The number of hydrogen-bond donors (Lipinski definition) is 0. The summed E-state index contributed by atoms with van der Waals surface area (Å²) in [7, 11) is 0. The Bertz CT molecular complexity index is 1250. The first kappa shape index (κ1) is 21.1. The van der Waals surface area contributed by atoms with Gasteiger partial charge in [0.25, 0.3) is 5.91 Å². The van der Waals surface area contributed by atoms with Crippen molar-refractivity contribution < 1.29 is 22.8 Å². The fraction of sp³-hybridized carbons (Fsp3) is 0.227. The molecule has 0 N–H and O–H groups in total. The van der Waals surface area contributed by atoms with E-state index in [-0.39, 0.29) is 34.8 Å². The highest BCUT2D eigenvalue weighted by atomic mass is 35.5. The molecule has 1 aromatic heterocycles. The normalized spacial score (nSPS) is 17.6. The first-order chi connectivity index (χ1) is 15.2. The summed E-state index contributed by atoms with van der Waals surface area (Å²) >= 11 is 5.81. The number of fused-ring (bicyclic) bond motifs is 1. The van der Waals surface area contributed by atoms with Gasteiger partial charge in [-0.15, -0.1) is 0 Å². The van der Waals surface area contributed by atoms with E-state index < -0.39 is 17.1 Å². The Morgan fingerprint density at radius 1 is 1.06 bits per heavy atom. The fourth-order valence-electron chi connectivity index (χ4n) is 4.05. The zero-order valence-electron chi connectivity index (χ0n) is 16.4. The van der Waals surface area contributed by atoms with Gasteiger partial charge in [-0.1, -0.05) is 17.7 Å². The van der Waals surface area contributed by atoms with E-state index in [4.69, 9.17) is 11.6 Å². The second-order valence-electron chi connectivity index (χ2n) is 7.71. The van der Waals surface area contributed by atoms with Crippen molar-refractivity contribution in [1.82, 2.24) is 9.88 Å². The molecule has 32 heavy (non-hydrogen) atoms. The molecule has 2 heterocycles. The number of rotatable bonds is 4. The van der Waals surface area contributed by atoms with Crippen LogP contribution in [0.5, 0.6) is 0 Å². The van der Waals surface area contributed by atoms with Crippen molar-refractivity contribution in [3.05, 3.63) is 65.3 Å². The van der Waals surface area contributed by atoms with Crippen LogP contribution >= 0.6 is 23.4 Å². The molecule has 10 heteroatoms. The molecule has 5 nitrogen and oxygen atoms in total. The number of pyridine rings is 1. The predicted octanol–water partition coefficient (Wildman–Crippen LogP) is 6.00. The SMILES string of the molecule is O=C1N(c2ccc(SC(F)(F)F)cc2)C(=O)C2(CC2)N1Cc1ccnc2cc(Cl)ccc12. The number of benzene rings is 2. The summed E-state index contributed by atoms with van der Waals surface area (Å²) in [6.07, 6.45) is 2.72. The largest absolute Gasteiger partial charge is 0.446 e. The van der Waals surface area contributed by atoms with Gasteiger partial charge in [0.15, 0.2) is 0 Å². The average Bonchev–Trinajstić information content (AvgIpc) is 3.50. The monoisotopic (exact) mass is 477 g/mol. The molecule has 1 saturated carbocycles. The number of imide groups is 1. The third-order valence-corrected chi connectivity index (χ3v) is 6.69. The Balaban J connectivity index is 1.45. The summed E-state index contributed by atoms with van der Waals surface area (Å²) in [6, 6.07) is 11.9. The van der Waals surface area contributed by atoms with Crippen molar-refractivity contribution in [3.8, 4) is 0 Å². The highest BCUT2D eigenvalue weighted by molar-refractivity contribution is 8.00. The summed E-state index contributed by atoms with van der Waals surface area (Å²) < 4.78 is 37.8. The van der Waals surface area contributed by atoms with E-state index in [0.717, 1.165) is 15.8 Å². The standard InChI is InChI=1S/C22H15ClF3N3O2S/c23-14-1-6-17-13(7-10-27-18(17)11-14)12-28-20(31)29(19(30)21(28)8-9-21)15-2-4-16(5-3-15)32-22(24,25)26/h1-7,10-11H,8-9,12H2. The molecule has 0 bridgehead atoms. The van der Waals surface area contributed by atoms with Gasteiger partial charge in [0, 0.05) is 28.0 Å². The molecule has 1 aliphatic carbocycles. The number of amides is 3. The number of urea groups is 1. The lowest BCUT2D eigenvalue weighted by Gasteiger charge is -2.22. The summed E-state index contributed by atoms with van der Waals surface area (Å²) in [5.74, 6) is -0.347. The molecular weight excluding hydrogens is 463 g/mol. The molecule has 1 aliphatic heterocycles. The Labute approximate surface area is 190 Å². The predicted molar refractivity (Wildman–Crippen MR) is 115 cm³/mol. The van der Waals surface area contributed by atoms with Crippen LogP contribution < -0.4 is 4.90 Å². The van der Waals surface area contributed by atoms with Gasteiger partial charge in [-0.25, -0.2) is 9.69 Å². The van der Waals surface area contributed by atoms with E-state index in [9.17, 15) is 22.8 Å². The Morgan fingerprint density at radius 2 is 1.78 bits per heavy atom. The van der Waals surface area contributed by atoms with Crippen LogP contribution in [0, 0.1) is 0 Å². The summed E-state index contributed by atoms with van der Waals surface area (Å²) in [5, 5.41) is 1.38. The second kappa shape index (κ2) is 7.38. The number of anilines is 1. The molecule has 3 amide bonds. The summed E-state index contributed by atoms with van der Waals surface area (Å²) in [6.45, 7) is 0.212. The number of nitrogens with zero attached hydrogens (tertiary/aromatic N) is 3. The minimum absolute atomic E-state index is 0.0137. The molecule has 2 aliphatic rings. The molecule has 5 rings (SSSR count). The highest BCUT2D eigenvalue weighted by Gasteiger charge is 2.65. The van der Waals surface area contributed by atoms with Crippen LogP contribution in [0.4, 0.5) is 23.7 Å². The van der Waals surface area contributed by atoms with Gasteiger partial charge in [0.05, 0.1) is 11.2 Å². The maximum atomic E-state index is 13.3. The van der Waals surface area contributed by atoms with Gasteiger partial charge in [0.2, 0.25) is 0 Å². The number of alkyl halides is 3. The van der Waals surface area contributed by atoms with Crippen molar-refractivity contribution >= 4 is 51.9 Å². The number of hydrogen-bond acceptors (Lipinski definition) is 4. The quantitative estimate of drug-likeness (QED) is 0.341. The first-order valence-corrected chi connectivity index (χ1v) is 10.9. The topological polar surface area (TPSA) is 53.5 Å². The van der Waals surface area contributed by atoms with Gasteiger partial charge < -0.3 is 4.90 Å². The molecule has 0 unspecified atom stereocenters. The van der Waals surface area contributed by atoms with E-state index in [1.807, 2.05) is 6.07 Å². The van der Waals surface area contributed by atoms with Crippen molar-refractivity contribution in [3.63, 3.8) is 0 Å². The average molecular weight is 478 g/mol. The van der Waals surface area contributed by atoms with Crippen molar-refractivity contribution in [1.29, 1.82) is 0 Å². The third-order valence-electron chi connectivity index (χ3n) is 5.72. The number of carbonyl (C=O) groups excluding carboxylic acids is 2. The van der Waals surface area contributed by atoms with Gasteiger partial charge in [-0.3, -0.25) is 9.78 Å².